The van der Waals surface area contributed by atoms with Gasteiger partial charge in [-0.2, -0.15) is 0 Å². The topological polar surface area (TPSA) is 102 Å². The molecule has 2 aromatic carbocycles. The lowest BCUT2D eigenvalue weighted by Crippen LogP contribution is -2.23. The van der Waals surface area contributed by atoms with E-state index in [1.54, 1.807) is 50.5 Å². The van der Waals surface area contributed by atoms with Crippen molar-refractivity contribution in [2.45, 2.75) is 0 Å². The van der Waals surface area contributed by atoms with Crippen LogP contribution in [0, 0.1) is 0 Å². The van der Waals surface area contributed by atoms with Crippen molar-refractivity contribution in [2.75, 3.05) is 26.0 Å². The SMILES string of the molecule is CN(C)C(=O)c1nnn(-c2ccc(NC(=O)COc3ccc(Cl)cc3Cl)cc2)n1. The predicted molar refractivity (Wildman–Crippen MR) is 108 cm³/mol. The van der Waals surface area contributed by atoms with E-state index >= 15 is 0 Å². The van der Waals surface area contributed by atoms with Crippen LogP contribution in [0.1, 0.15) is 10.6 Å². The Morgan fingerprint density at radius 3 is 2.52 bits per heavy atom. The largest absolute Gasteiger partial charge is 0.482 e. The summed E-state index contributed by atoms with van der Waals surface area (Å²) in [6.45, 7) is -0.219. The second kappa shape index (κ2) is 8.89. The van der Waals surface area contributed by atoms with Crippen LogP contribution < -0.4 is 10.1 Å². The average molecular weight is 435 g/mol. The highest BCUT2D eigenvalue weighted by Crippen LogP contribution is 2.27. The fraction of sp³-hybridized carbons (Fsp3) is 0.167. The number of benzene rings is 2. The number of carbonyl (C=O) groups excluding carboxylic acids is 2. The average Bonchev–Trinajstić information content (AvgIpc) is 3.17. The van der Waals surface area contributed by atoms with Gasteiger partial charge in [0.15, 0.2) is 6.61 Å². The summed E-state index contributed by atoms with van der Waals surface area (Å²) in [5, 5.41) is 15.1. The van der Waals surface area contributed by atoms with Crippen molar-refractivity contribution in [3.8, 4) is 11.4 Å². The molecule has 0 aliphatic carbocycles. The molecule has 0 atom stereocenters. The summed E-state index contributed by atoms with van der Waals surface area (Å²) >= 11 is 11.8. The standard InChI is InChI=1S/C18H16Cl2N6O3/c1-25(2)18(28)17-22-24-26(23-17)13-6-4-12(5-7-13)21-16(27)10-29-15-8-3-11(19)9-14(15)20/h3-9H,10H2,1-2H3,(H,21,27). The molecule has 3 rings (SSSR count). The van der Waals surface area contributed by atoms with E-state index in [0.29, 0.717) is 27.2 Å². The summed E-state index contributed by atoms with van der Waals surface area (Å²) < 4.78 is 5.39. The number of carbonyl (C=O) groups is 2. The molecular weight excluding hydrogens is 419 g/mol. The third kappa shape index (κ3) is 5.21. The zero-order chi connectivity index (χ0) is 21.0. The fourth-order valence-electron chi connectivity index (χ4n) is 2.22. The van der Waals surface area contributed by atoms with E-state index in [4.69, 9.17) is 27.9 Å². The van der Waals surface area contributed by atoms with Gasteiger partial charge in [0.05, 0.1) is 10.7 Å². The highest BCUT2D eigenvalue weighted by atomic mass is 35.5. The molecule has 1 heterocycles. The van der Waals surface area contributed by atoms with Crippen molar-refractivity contribution in [1.29, 1.82) is 0 Å². The summed E-state index contributed by atoms with van der Waals surface area (Å²) in [5.74, 6) is -0.352. The lowest BCUT2D eigenvalue weighted by atomic mass is 10.3. The van der Waals surface area contributed by atoms with Crippen molar-refractivity contribution in [3.05, 3.63) is 58.3 Å². The number of nitrogens with zero attached hydrogens (tertiary/aromatic N) is 5. The van der Waals surface area contributed by atoms with Gasteiger partial charge in [-0.1, -0.05) is 23.2 Å². The monoisotopic (exact) mass is 434 g/mol. The van der Waals surface area contributed by atoms with Crippen LogP contribution in [0.3, 0.4) is 0 Å². The number of hydrogen-bond donors (Lipinski definition) is 1. The Balaban J connectivity index is 1.59. The Hall–Kier alpha value is -3.17. The maximum absolute atomic E-state index is 12.1. The van der Waals surface area contributed by atoms with Crippen molar-refractivity contribution in [3.63, 3.8) is 0 Å². The van der Waals surface area contributed by atoms with E-state index in [0.717, 1.165) is 0 Å². The van der Waals surface area contributed by atoms with Gasteiger partial charge in [-0.3, -0.25) is 9.59 Å². The van der Waals surface area contributed by atoms with Gasteiger partial charge in [0.2, 0.25) is 0 Å². The number of tetrazole rings is 1. The zero-order valence-electron chi connectivity index (χ0n) is 15.5. The maximum Gasteiger partial charge on any atom is 0.294 e. The molecule has 9 nitrogen and oxygen atoms in total. The molecule has 11 heteroatoms. The molecule has 3 aromatic rings. The zero-order valence-corrected chi connectivity index (χ0v) is 17.0. The summed E-state index contributed by atoms with van der Waals surface area (Å²) in [5.41, 5.74) is 1.13. The lowest BCUT2D eigenvalue weighted by Gasteiger charge is -2.09. The van der Waals surface area contributed by atoms with Gasteiger partial charge >= 0.3 is 0 Å². The molecule has 0 bridgehead atoms. The van der Waals surface area contributed by atoms with E-state index in [9.17, 15) is 9.59 Å². The molecule has 1 aromatic heterocycles. The van der Waals surface area contributed by atoms with E-state index in [1.807, 2.05) is 0 Å². The van der Waals surface area contributed by atoms with Crippen LogP contribution in [-0.4, -0.2) is 57.6 Å². The van der Waals surface area contributed by atoms with Crippen molar-refractivity contribution in [1.82, 2.24) is 25.1 Å². The second-order valence-electron chi connectivity index (χ2n) is 6.06. The van der Waals surface area contributed by atoms with Crippen LogP contribution in [-0.2, 0) is 4.79 Å². The quantitative estimate of drug-likeness (QED) is 0.639. The molecule has 0 unspecified atom stereocenters. The summed E-state index contributed by atoms with van der Waals surface area (Å²) in [6.07, 6.45) is 0. The minimum Gasteiger partial charge on any atom is -0.482 e. The Morgan fingerprint density at radius 2 is 1.86 bits per heavy atom. The van der Waals surface area contributed by atoms with Gasteiger partial charge in [-0.15, -0.1) is 15.0 Å². The molecule has 1 N–H and O–H groups in total. The molecule has 0 fully saturated rings. The third-order valence-corrected chi connectivity index (χ3v) is 4.18. The van der Waals surface area contributed by atoms with E-state index in [1.165, 1.54) is 15.8 Å². The number of rotatable bonds is 6. The maximum atomic E-state index is 12.1. The lowest BCUT2D eigenvalue weighted by molar-refractivity contribution is -0.118. The Morgan fingerprint density at radius 1 is 1.14 bits per heavy atom. The molecule has 2 amide bonds. The van der Waals surface area contributed by atoms with Crippen LogP contribution in [0.15, 0.2) is 42.5 Å². The molecule has 0 aliphatic heterocycles. The Kier molecular flexibility index (Phi) is 6.30. The minimum atomic E-state index is -0.360. The third-order valence-electron chi connectivity index (χ3n) is 3.65. The molecule has 0 aliphatic rings. The first-order valence-electron chi connectivity index (χ1n) is 8.33. The van der Waals surface area contributed by atoms with E-state index in [-0.39, 0.29) is 24.2 Å². The van der Waals surface area contributed by atoms with Gasteiger partial charge in [-0.25, -0.2) is 0 Å². The molecule has 0 saturated carbocycles. The molecule has 29 heavy (non-hydrogen) atoms. The first kappa shape index (κ1) is 20.6. The molecule has 0 spiro atoms. The van der Waals surface area contributed by atoms with Gasteiger partial charge in [0.25, 0.3) is 17.6 Å². The first-order chi connectivity index (χ1) is 13.8. The van der Waals surface area contributed by atoms with Crippen LogP contribution in [0.5, 0.6) is 5.75 Å². The Bertz CT molecular complexity index is 1040. The molecule has 0 radical (unpaired) electrons. The smallest absolute Gasteiger partial charge is 0.294 e. The van der Waals surface area contributed by atoms with E-state index < -0.39 is 0 Å². The highest BCUT2D eigenvalue weighted by Gasteiger charge is 2.15. The van der Waals surface area contributed by atoms with Crippen molar-refractivity contribution >= 4 is 40.7 Å². The van der Waals surface area contributed by atoms with Crippen LogP contribution in [0.2, 0.25) is 10.0 Å². The number of amides is 2. The second-order valence-corrected chi connectivity index (χ2v) is 6.90. The first-order valence-corrected chi connectivity index (χ1v) is 9.09. The van der Waals surface area contributed by atoms with Crippen LogP contribution >= 0.6 is 23.2 Å². The number of ether oxygens (including phenoxy) is 1. The summed E-state index contributed by atoms with van der Waals surface area (Å²) in [7, 11) is 3.20. The van der Waals surface area contributed by atoms with Gasteiger partial charge < -0.3 is 15.0 Å². The van der Waals surface area contributed by atoms with Crippen LogP contribution in [0.4, 0.5) is 5.69 Å². The van der Waals surface area contributed by atoms with Crippen LogP contribution in [0.25, 0.3) is 5.69 Å². The molecule has 0 saturated heterocycles. The van der Waals surface area contributed by atoms with Gasteiger partial charge in [0.1, 0.15) is 5.75 Å². The number of aromatic nitrogens is 4. The molecule has 150 valence electrons. The van der Waals surface area contributed by atoms with Gasteiger partial charge in [0, 0.05) is 24.8 Å². The highest BCUT2D eigenvalue weighted by molar-refractivity contribution is 6.35. The molecular formula is C18H16Cl2N6O3. The number of nitrogens with one attached hydrogen (secondary N) is 1. The fourth-order valence-corrected chi connectivity index (χ4v) is 2.68. The summed E-state index contributed by atoms with van der Waals surface area (Å²) in [4.78, 5) is 26.5. The Labute approximate surface area is 176 Å². The predicted octanol–water partition coefficient (Wildman–Crippen LogP) is 2.69. The van der Waals surface area contributed by atoms with Crippen molar-refractivity contribution < 1.29 is 14.3 Å². The minimum absolute atomic E-state index is 0.00890. The van der Waals surface area contributed by atoms with E-state index in [2.05, 4.69) is 20.7 Å². The number of anilines is 1. The van der Waals surface area contributed by atoms with Crippen molar-refractivity contribution in [2.24, 2.45) is 0 Å². The normalized spacial score (nSPS) is 10.5. The summed E-state index contributed by atoms with van der Waals surface area (Å²) in [6, 6.07) is 11.4. The van der Waals surface area contributed by atoms with Gasteiger partial charge in [-0.05, 0) is 47.7 Å². The number of hydrogen-bond acceptors (Lipinski definition) is 6. The number of halogens is 2.